The van der Waals surface area contributed by atoms with Crippen LogP contribution in [0.2, 0.25) is 0 Å². The number of nitrogens with one attached hydrogen (secondary N) is 1. The van der Waals surface area contributed by atoms with E-state index in [2.05, 4.69) is 31.2 Å². The molecule has 0 saturated heterocycles. The molecule has 0 aliphatic heterocycles. The number of hydrogen-bond donors (Lipinski definition) is 3. The van der Waals surface area contributed by atoms with Crippen molar-refractivity contribution in [2.75, 3.05) is 30.5 Å². The lowest BCUT2D eigenvalue weighted by Crippen LogP contribution is -2.20. The van der Waals surface area contributed by atoms with E-state index in [1.54, 1.807) is 12.1 Å². The molecule has 31 heavy (non-hydrogen) atoms. The van der Waals surface area contributed by atoms with E-state index in [4.69, 9.17) is 20.9 Å². The predicted molar refractivity (Wildman–Crippen MR) is 121 cm³/mol. The number of carbonyl (C=O) groups excluding carboxylic acids is 1. The van der Waals surface area contributed by atoms with Crippen molar-refractivity contribution in [2.24, 2.45) is 0 Å². The van der Waals surface area contributed by atoms with Crippen LogP contribution in [0.25, 0.3) is 11.3 Å². The Morgan fingerprint density at radius 1 is 1.23 bits per heavy atom. The summed E-state index contributed by atoms with van der Waals surface area (Å²) in [6, 6.07) is 12.7. The zero-order valence-corrected chi connectivity index (χ0v) is 18.4. The fourth-order valence-electron chi connectivity index (χ4n) is 2.83. The third-order valence-electron chi connectivity index (χ3n) is 4.35. The van der Waals surface area contributed by atoms with Gasteiger partial charge < -0.3 is 26.3 Å². The molecule has 0 fully saturated rings. The van der Waals surface area contributed by atoms with Crippen LogP contribution in [0.5, 0.6) is 11.5 Å². The van der Waals surface area contributed by atoms with Crippen LogP contribution in [0.1, 0.15) is 11.1 Å². The van der Waals surface area contributed by atoms with Crippen molar-refractivity contribution in [1.29, 1.82) is 5.26 Å². The number of carbonyl (C=O) groups is 1. The van der Waals surface area contributed by atoms with Gasteiger partial charge in [-0.2, -0.15) is 10.2 Å². The van der Waals surface area contributed by atoms with Crippen molar-refractivity contribution in [3.63, 3.8) is 0 Å². The van der Waals surface area contributed by atoms with Crippen molar-refractivity contribution in [1.82, 2.24) is 9.97 Å². The first-order valence-electron chi connectivity index (χ1n) is 9.03. The highest BCUT2D eigenvalue weighted by atomic mass is 79.9. The summed E-state index contributed by atoms with van der Waals surface area (Å²) in [5.74, 6) is 0.252. The highest BCUT2D eigenvalue weighted by Crippen LogP contribution is 2.39. The van der Waals surface area contributed by atoms with E-state index < -0.39 is 0 Å². The Morgan fingerprint density at radius 2 is 1.97 bits per heavy atom. The lowest BCUT2D eigenvalue weighted by Gasteiger charge is -2.15. The van der Waals surface area contributed by atoms with Gasteiger partial charge in [-0.15, -0.1) is 0 Å². The Balaban J connectivity index is 1.86. The third kappa shape index (κ3) is 4.84. The van der Waals surface area contributed by atoms with Crippen LogP contribution in [0.15, 0.2) is 40.9 Å². The predicted octanol–water partition coefficient (Wildman–Crippen LogP) is 3.28. The number of nitriles is 1. The maximum Gasteiger partial charge on any atom is 0.262 e. The van der Waals surface area contributed by atoms with Gasteiger partial charge in [-0.05, 0) is 46.6 Å². The first-order valence-corrected chi connectivity index (χ1v) is 9.82. The first kappa shape index (κ1) is 21.9. The number of hydrogen-bond acceptors (Lipinski definition) is 8. The summed E-state index contributed by atoms with van der Waals surface area (Å²) in [4.78, 5) is 20.3. The number of aryl methyl sites for hydroxylation is 1. The molecule has 0 atom stereocenters. The standard InChI is InChI=1S/C21H19BrN6O3/c1-11-5-3-4-6-15(11)26-18(29)10-31-17-8-14(22)12(7-16(17)30-2)19-13(9-23)20(24)28-21(25)27-19/h3-8H,10H2,1-2H3,(H,26,29)(H4,24,25,27,28). The Kier molecular flexibility index (Phi) is 6.57. The molecule has 0 unspecified atom stereocenters. The molecule has 1 aromatic heterocycles. The Morgan fingerprint density at radius 3 is 2.65 bits per heavy atom. The lowest BCUT2D eigenvalue weighted by molar-refractivity contribution is -0.118. The SMILES string of the molecule is COc1cc(-c2nc(N)nc(N)c2C#N)c(Br)cc1OCC(=O)Nc1ccccc1C. The average molecular weight is 483 g/mol. The molecular formula is C21H19BrN6O3. The van der Waals surface area contributed by atoms with Gasteiger partial charge in [0.05, 0.1) is 12.8 Å². The number of amides is 1. The number of methoxy groups -OCH3 is 1. The molecule has 1 amide bonds. The van der Waals surface area contributed by atoms with E-state index in [9.17, 15) is 10.1 Å². The number of nitrogens with zero attached hydrogens (tertiary/aromatic N) is 3. The molecule has 1 heterocycles. The van der Waals surface area contributed by atoms with Crippen LogP contribution in [-0.4, -0.2) is 29.6 Å². The maximum atomic E-state index is 12.3. The summed E-state index contributed by atoms with van der Waals surface area (Å²) in [5, 5.41) is 12.2. The van der Waals surface area contributed by atoms with Crippen LogP contribution in [0.4, 0.5) is 17.5 Å². The summed E-state index contributed by atoms with van der Waals surface area (Å²) in [6.07, 6.45) is 0. The van der Waals surface area contributed by atoms with E-state index in [0.29, 0.717) is 27.2 Å². The number of aromatic nitrogens is 2. The van der Waals surface area contributed by atoms with E-state index >= 15 is 0 Å². The van der Waals surface area contributed by atoms with Crippen molar-refractivity contribution in [2.45, 2.75) is 6.92 Å². The molecule has 2 aromatic carbocycles. The zero-order chi connectivity index (χ0) is 22.5. The number of halogens is 1. The number of para-hydroxylation sites is 1. The minimum Gasteiger partial charge on any atom is -0.493 e. The number of nitrogens with two attached hydrogens (primary N) is 2. The monoisotopic (exact) mass is 482 g/mol. The van der Waals surface area contributed by atoms with Gasteiger partial charge in [-0.25, -0.2) is 4.98 Å². The van der Waals surface area contributed by atoms with Gasteiger partial charge in [0.15, 0.2) is 18.1 Å². The largest absolute Gasteiger partial charge is 0.493 e. The molecule has 0 aliphatic rings. The minimum atomic E-state index is -0.320. The topological polar surface area (TPSA) is 149 Å². The Labute approximate surface area is 187 Å². The van der Waals surface area contributed by atoms with Crippen molar-refractivity contribution in [3.8, 4) is 28.8 Å². The third-order valence-corrected chi connectivity index (χ3v) is 5.01. The number of nitrogen functional groups attached to an aromatic ring is 2. The smallest absolute Gasteiger partial charge is 0.262 e. The molecule has 5 N–H and O–H groups in total. The fourth-order valence-corrected chi connectivity index (χ4v) is 3.34. The molecule has 9 nitrogen and oxygen atoms in total. The molecular weight excluding hydrogens is 464 g/mol. The van der Waals surface area contributed by atoms with Crippen LogP contribution < -0.4 is 26.3 Å². The van der Waals surface area contributed by atoms with Gasteiger partial charge in [0, 0.05) is 15.7 Å². The molecule has 0 aliphatic carbocycles. The first-order chi connectivity index (χ1) is 14.8. The summed E-state index contributed by atoms with van der Waals surface area (Å²) in [6.45, 7) is 1.67. The Hall–Kier alpha value is -3.84. The molecule has 3 rings (SSSR count). The second-order valence-electron chi connectivity index (χ2n) is 6.44. The van der Waals surface area contributed by atoms with Crippen LogP contribution in [0.3, 0.4) is 0 Å². The van der Waals surface area contributed by atoms with E-state index in [-0.39, 0.29) is 35.5 Å². The van der Waals surface area contributed by atoms with Gasteiger partial charge in [0.1, 0.15) is 17.5 Å². The summed E-state index contributed by atoms with van der Waals surface area (Å²) in [7, 11) is 1.46. The van der Waals surface area contributed by atoms with E-state index in [1.165, 1.54) is 7.11 Å². The molecule has 3 aromatic rings. The van der Waals surface area contributed by atoms with Gasteiger partial charge in [-0.1, -0.05) is 18.2 Å². The molecule has 0 spiro atoms. The van der Waals surface area contributed by atoms with Crippen molar-refractivity contribution >= 4 is 39.3 Å². The highest BCUT2D eigenvalue weighted by molar-refractivity contribution is 9.10. The molecule has 158 valence electrons. The second kappa shape index (κ2) is 9.32. The lowest BCUT2D eigenvalue weighted by atomic mass is 10.1. The van der Waals surface area contributed by atoms with Crippen LogP contribution >= 0.6 is 15.9 Å². The second-order valence-corrected chi connectivity index (χ2v) is 7.29. The van der Waals surface area contributed by atoms with E-state index in [0.717, 1.165) is 5.56 Å². The fraction of sp³-hybridized carbons (Fsp3) is 0.143. The molecule has 0 saturated carbocycles. The molecule has 0 radical (unpaired) electrons. The van der Waals surface area contributed by atoms with Gasteiger partial charge in [0.25, 0.3) is 5.91 Å². The number of benzene rings is 2. The minimum absolute atomic E-state index is 0.0240. The quantitative estimate of drug-likeness (QED) is 0.484. The summed E-state index contributed by atoms with van der Waals surface area (Å²) < 4.78 is 11.6. The van der Waals surface area contributed by atoms with Gasteiger partial charge in [0.2, 0.25) is 5.95 Å². The molecule has 10 heteroatoms. The highest BCUT2D eigenvalue weighted by Gasteiger charge is 2.19. The number of rotatable bonds is 6. The van der Waals surface area contributed by atoms with Gasteiger partial charge >= 0.3 is 0 Å². The van der Waals surface area contributed by atoms with Crippen LogP contribution in [0, 0.1) is 18.3 Å². The van der Waals surface area contributed by atoms with Gasteiger partial charge in [-0.3, -0.25) is 4.79 Å². The Bertz CT molecular complexity index is 1190. The van der Waals surface area contributed by atoms with Crippen LogP contribution in [-0.2, 0) is 4.79 Å². The number of anilines is 3. The maximum absolute atomic E-state index is 12.3. The summed E-state index contributed by atoms with van der Waals surface area (Å²) >= 11 is 3.44. The zero-order valence-electron chi connectivity index (χ0n) is 16.8. The van der Waals surface area contributed by atoms with Crippen molar-refractivity contribution in [3.05, 3.63) is 52.0 Å². The van der Waals surface area contributed by atoms with E-state index in [1.807, 2.05) is 37.3 Å². The number of ether oxygens (including phenoxy) is 2. The summed E-state index contributed by atoms with van der Waals surface area (Å²) in [5.41, 5.74) is 14.0. The average Bonchev–Trinajstić information content (AvgIpc) is 2.73. The molecule has 0 bridgehead atoms. The van der Waals surface area contributed by atoms with Crippen molar-refractivity contribution < 1.29 is 14.3 Å². The normalized spacial score (nSPS) is 10.3.